The van der Waals surface area contributed by atoms with E-state index in [1.54, 1.807) is 17.8 Å². The number of hydrogen-bond donors (Lipinski definition) is 1. The molecule has 0 aliphatic carbocycles. The third kappa shape index (κ3) is 3.93. The number of benzene rings is 2. The molecule has 0 unspecified atom stereocenters. The zero-order valence-electron chi connectivity index (χ0n) is 16.5. The van der Waals surface area contributed by atoms with Gasteiger partial charge in [0, 0.05) is 5.56 Å². The topological polar surface area (TPSA) is 56.1 Å². The number of anilines is 1. The molecule has 29 heavy (non-hydrogen) atoms. The minimum atomic E-state index is -0.0158. The summed E-state index contributed by atoms with van der Waals surface area (Å²) in [6, 6.07) is 16.2. The molecule has 0 bridgehead atoms. The van der Waals surface area contributed by atoms with Crippen molar-refractivity contribution in [2.24, 2.45) is 0 Å². The van der Waals surface area contributed by atoms with E-state index >= 15 is 0 Å². The molecule has 0 fully saturated rings. The van der Waals surface area contributed by atoms with E-state index in [9.17, 15) is 4.79 Å². The molecule has 0 saturated carbocycles. The number of ether oxygens (including phenoxy) is 1. The number of hydrogen-bond acceptors (Lipinski definition) is 4. The Morgan fingerprint density at radius 3 is 2.62 bits per heavy atom. The maximum absolute atomic E-state index is 12.4. The second-order valence-corrected chi connectivity index (χ2v) is 8.10. The van der Waals surface area contributed by atoms with Crippen molar-refractivity contribution < 1.29 is 9.53 Å². The van der Waals surface area contributed by atoms with Crippen LogP contribution >= 0.6 is 11.8 Å². The number of carbonyl (C=O) groups is 1. The lowest BCUT2D eigenvalue weighted by Crippen LogP contribution is -2.15. The Balaban J connectivity index is 1.76. The van der Waals surface area contributed by atoms with Gasteiger partial charge in [0.1, 0.15) is 18.2 Å². The lowest BCUT2D eigenvalue weighted by molar-refractivity contribution is -0.113. The fourth-order valence-electron chi connectivity index (χ4n) is 3.41. The zero-order chi connectivity index (χ0) is 20.4. The molecule has 2 aromatic carbocycles. The summed E-state index contributed by atoms with van der Waals surface area (Å²) in [7, 11) is 0. The molecule has 0 saturated heterocycles. The number of nitrogens with zero attached hydrogens (tertiary/aromatic N) is 2. The van der Waals surface area contributed by atoms with Crippen LogP contribution < -0.4 is 10.1 Å². The second kappa shape index (κ2) is 8.17. The Morgan fingerprint density at radius 1 is 1.21 bits per heavy atom. The van der Waals surface area contributed by atoms with Gasteiger partial charge < -0.3 is 10.1 Å². The van der Waals surface area contributed by atoms with E-state index in [1.165, 1.54) is 5.56 Å². The van der Waals surface area contributed by atoms with E-state index in [4.69, 9.17) is 9.84 Å². The smallest absolute Gasteiger partial charge is 0.235 e. The number of thioether (sulfide) groups is 1. The molecule has 148 valence electrons. The van der Waals surface area contributed by atoms with Crippen molar-refractivity contribution in [3.8, 4) is 11.4 Å². The Labute approximate surface area is 174 Å². The first-order valence-corrected chi connectivity index (χ1v) is 10.5. The highest BCUT2D eigenvalue weighted by Gasteiger charge is 2.30. The number of carbonyl (C=O) groups excluding carboxylic acids is 1. The van der Waals surface area contributed by atoms with Crippen molar-refractivity contribution in [2.45, 2.75) is 19.1 Å². The summed E-state index contributed by atoms with van der Waals surface area (Å²) in [6.07, 6.45) is 1.72. The van der Waals surface area contributed by atoms with Gasteiger partial charge in [-0.2, -0.15) is 5.10 Å². The van der Waals surface area contributed by atoms with Gasteiger partial charge in [-0.25, -0.2) is 4.68 Å². The molecule has 1 atom stereocenters. The average molecular weight is 406 g/mol. The number of rotatable bonds is 5. The highest BCUT2D eigenvalue weighted by atomic mass is 32.2. The highest BCUT2D eigenvalue weighted by Crippen LogP contribution is 2.44. The van der Waals surface area contributed by atoms with Crippen LogP contribution in [-0.2, 0) is 4.79 Å². The second-order valence-electron chi connectivity index (χ2n) is 7.00. The van der Waals surface area contributed by atoms with Gasteiger partial charge in [-0.05, 0) is 43.7 Å². The minimum Gasteiger partial charge on any atom is -0.490 e. The quantitative estimate of drug-likeness (QED) is 0.618. The van der Waals surface area contributed by atoms with Crippen molar-refractivity contribution in [2.75, 3.05) is 17.7 Å². The van der Waals surface area contributed by atoms with Crippen LogP contribution in [0.1, 0.15) is 27.6 Å². The molecule has 0 spiro atoms. The molecule has 1 amide bonds. The van der Waals surface area contributed by atoms with Crippen LogP contribution in [0, 0.1) is 13.8 Å². The maximum atomic E-state index is 12.4. The number of fused-ring (bicyclic) bond motifs is 1. The summed E-state index contributed by atoms with van der Waals surface area (Å²) in [6.45, 7) is 8.20. The average Bonchev–Trinajstić information content (AvgIpc) is 2.93. The molecule has 4 rings (SSSR count). The minimum absolute atomic E-state index is 0.0107. The molecular weight excluding hydrogens is 382 g/mol. The van der Waals surface area contributed by atoms with Crippen molar-refractivity contribution >= 4 is 23.5 Å². The highest BCUT2D eigenvalue weighted by molar-refractivity contribution is 8.00. The largest absolute Gasteiger partial charge is 0.490 e. The molecule has 1 aliphatic rings. The third-order valence-corrected chi connectivity index (χ3v) is 6.11. The summed E-state index contributed by atoms with van der Waals surface area (Å²) in [5.74, 6) is 1.92. The van der Waals surface area contributed by atoms with E-state index in [0.717, 1.165) is 34.1 Å². The van der Waals surface area contributed by atoms with Gasteiger partial charge in [0.2, 0.25) is 5.91 Å². The fraction of sp³-hybridized carbons (Fsp3) is 0.217. The molecule has 1 N–H and O–H groups in total. The zero-order valence-corrected chi connectivity index (χ0v) is 17.3. The summed E-state index contributed by atoms with van der Waals surface area (Å²) in [5, 5.41) is 7.83. The lowest BCUT2D eigenvalue weighted by Gasteiger charge is -2.16. The van der Waals surface area contributed by atoms with Crippen molar-refractivity contribution in [1.82, 2.24) is 9.78 Å². The number of amides is 1. The first kappa shape index (κ1) is 19.3. The summed E-state index contributed by atoms with van der Waals surface area (Å²) in [4.78, 5) is 12.4. The molecule has 1 aliphatic heterocycles. The summed E-state index contributed by atoms with van der Waals surface area (Å²) < 4.78 is 7.43. The van der Waals surface area contributed by atoms with Gasteiger partial charge in [0.15, 0.2) is 0 Å². The van der Waals surface area contributed by atoms with Crippen molar-refractivity contribution in [1.29, 1.82) is 0 Å². The van der Waals surface area contributed by atoms with Crippen LogP contribution in [0.2, 0.25) is 0 Å². The SMILES string of the molecule is C=CCOc1ccc([C@@H]2SCC(=O)Nc3c2c(C)nn3-c2ccc(C)cc2)cc1. The molecule has 3 aromatic rings. The predicted octanol–water partition coefficient (Wildman–Crippen LogP) is 4.83. The van der Waals surface area contributed by atoms with Gasteiger partial charge in [0.05, 0.1) is 22.4 Å². The Kier molecular flexibility index (Phi) is 5.45. The number of aromatic nitrogens is 2. The van der Waals surface area contributed by atoms with Crippen molar-refractivity contribution in [3.63, 3.8) is 0 Å². The fourth-order valence-corrected chi connectivity index (χ4v) is 4.60. The predicted molar refractivity (Wildman–Crippen MR) is 118 cm³/mol. The Hall–Kier alpha value is -2.99. The monoisotopic (exact) mass is 405 g/mol. The van der Waals surface area contributed by atoms with Gasteiger partial charge >= 0.3 is 0 Å². The number of nitrogens with one attached hydrogen (secondary N) is 1. The van der Waals surface area contributed by atoms with E-state index in [2.05, 4.69) is 31.0 Å². The van der Waals surface area contributed by atoms with Crippen LogP contribution in [0.3, 0.4) is 0 Å². The first-order chi connectivity index (χ1) is 14.1. The molecule has 2 heterocycles. The molecule has 1 aromatic heterocycles. The third-order valence-electron chi connectivity index (χ3n) is 4.84. The van der Waals surface area contributed by atoms with Crippen LogP contribution in [-0.4, -0.2) is 28.0 Å². The summed E-state index contributed by atoms with van der Waals surface area (Å²) in [5.41, 5.74) is 5.18. The van der Waals surface area contributed by atoms with Crippen LogP contribution in [0.15, 0.2) is 61.2 Å². The van der Waals surface area contributed by atoms with Crippen LogP contribution in [0.5, 0.6) is 5.75 Å². The molecule has 0 radical (unpaired) electrons. The van der Waals surface area contributed by atoms with Crippen LogP contribution in [0.25, 0.3) is 5.69 Å². The number of aryl methyl sites for hydroxylation is 2. The van der Waals surface area contributed by atoms with Crippen LogP contribution in [0.4, 0.5) is 5.82 Å². The lowest BCUT2D eigenvalue weighted by atomic mass is 10.0. The summed E-state index contributed by atoms with van der Waals surface area (Å²) >= 11 is 1.61. The van der Waals surface area contributed by atoms with Gasteiger partial charge in [-0.1, -0.05) is 42.5 Å². The van der Waals surface area contributed by atoms with E-state index < -0.39 is 0 Å². The maximum Gasteiger partial charge on any atom is 0.235 e. The van der Waals surface area contributed by atoms with Gasteiger partial charge in [0.25, 0.3) is 0 Å². The van der Waals surface area contributed by atoms with Gasteiger partial charge in [-0.15, -0.1) is 11.8 Å². The molecule has 5 nitrogen and oxygen atoms in total. The normalized spacial score (nSPS) is 15.9. The van der Waals surface area contributed by atoms with E-state index in [-0.39, 0.29) is 11.2 Å². The standard InChI is InChI=1S/C23H23N3O2S/c1-4-13-28-19-11-7-17(8-12-19)22-21-16(3)25-26(18-9-5-15(2)6-10-18)23(21)24-20(27)14-29-22/h4-12,22H,1,13-14H2,2-3H3,(H,24,27)/t22-/m0/s1. The Bertz CT molecular complexity index is 1040. The molecule has 6 heteroatoms. The Morgan fingerprint density at radius 2 is 1.93 bits per heavy atom. The first-order valence-electron chi connectivity index (χ1n) is 9.48. The van der Waals surface area contributed by atoms with Crippen molar-refractivity contribution in [3.05, 3.63) is 83.6 Å². The van der Waals surface area contributed by atoms with E-state index in [0.29, 0.717) is 12.4 Å². The van der Waals surface area contributed by atoms with E-state index in [1.807, 2.05) is 48.0 Å². The molecular formula is C23H23N3O2S. The van der Waals surface area contributed by atoms with Gasteiger partial charge in [-0.3, -0.25) is 4.79 Å².